The molecule has 1 fully saturated rings. The van der Waals surface area contributed by atoms with Gasteiger partial charge in [0.15, 0.2) is 5.82 Å². The molecule has 0 saturated heterocycles. The molecule has 1 N–H and O–H groups in total. The normalized spacial score (nSPS) is 15.6. The number of anilines is 1. The van der Waals surface area contributed by atoms with E-state index in [-0.39, 0.29) is 6.54 Å². The molecule has 1 atom stereocenters. The number of hydrogen-bond donors (Lipinski definition) is 1. The molecule has 1 heterocycles. The van der Waals surface area contributed by atoms with Gasteiger partial charge >= 0.3 is 0 Å². The van der Waals surface area contributed by atoms with E-state index in [1.807, 2.05) is 0 Å². The third-order valence-electron chi connectivity index (χ3n) is 3.93. The Hall–Kier alpha value is -2.42. The van der Waals surface area contributed by atoms with Gasteiger partial charge in [-0.3, -0.25) is 9.10 Å². The Bertz CT molecular complexity index is 846. The number of carbonyl (C=O) groups excluding carboxylic acids is 1. The summed E-state index contributed by atoms with van der Waals surface area (Å²) in [5.41, 5.74) is 0.434. The van der Waals surface area contributed by atoms with E-state index in [1.54, 1.807) is 30.3 Å². The predicted molar refractivity (Wildman–Crippen MR) is 91.3 cm³/mol. The zero-order chi connectivity index (χ0) is 18.0. The van der Waals surface area contributed by atoms with Crippen molar-refractivity contribution in [3.05, 3.63) is 42.0 Å². The van der Waals surface area contributed by atoms with Gasteiger partial charge in [-0.05, 0) is 31.9 Å². The Morgan fingerprint density at radius 3 is 2.64 bits per heavy atom. The van der Waals surface area contributed by atoms with Crippen molar-refractivity contribution in [1.29, 1.82) is 0 Å². The van der Waals surface area contributed by atoms with E-state index in [0.29, 0.717) is 23.3 Å². The van der Waals surface area contributed by atoms with Crippen LogP contribution in [0.1, 0.15) is 37.4 Å². The zero-order valence-electron chi connectivity index (χ0n) is 14.0. The summed E-state index contributed by atoms with van der Waals surface area (Å²) < 4.78 is 30.5. The lowest BCUT2D eigenvalue weighted by Crippen LogP contribution is -2.47. The third-order valence-corrected chi connectivity index (χ3v) is 5.17. The first-order valence-corrected chi connectivity index (χ1v) is 9.85. The Kier molecular flexibility index (Phi) is 4.76. The summed E-state index contributed by atoms with van der Waals surface area (Å²) in [7, 11) is -3.62. The predicted octanol–water partition coefficient (Wildman–Crippen LogP) is 1.42. The van der Waals surface area contributed by atoms with Gasteiger partial charge in [0, 0.05) is 5.92 Å². The molecule has 25 heavy (non-hydrogen) atoms. The van der Waals surface area contributed by atoms with E-state index in [0.717, 1.165) is 23.4 Å². The summed E-state index contributed by atoms with van der Waals surface area (Å²) >= 11 is 0. The van der Waals surface area contributed by atoms with Crippen LogP contribution in [0.5, 0.6) is 0 Å². The van der Waals surface area contributed by atoms with Crippen LogP contribution in [-0.4, -0.2) is 36.8 Å². The number of benzene rings is 1. The highest BCUT2D eigenvalue weighted by atomic mass is 32.2. The van der Waals surface area contributed by atoms with E-state index in [4.69, 9.17) is 4.52 Å². The molecule has 134 valence electrons. The van der Waals surface area contributed by atoms with E-state index >= 15 is 0 Å². The molecule has 0 radical (unpaired) electrons. The van der Waals surface area contributed by atoms with Gasteiger partial charge in [-0.2, -0.15) is 4.98 Å². The van der Waals surface area contributed by atoms with Crippen LogP contribution < -0.4 is 9.62 Å². The van der Waals surface area contributed by atoms with Crippen LogP contribution in [0.25, 0.3) is 0 Å². The van der Waals surface area contributed by atoms with Crippen LogP contribution in [0.2, 0.25) is 0 Å². The number of carbonyl (C=O) groups is 1. The minimum atomic E-state index is -3.62. The van der Waals surface area contributed by atoms with E-state index < -0.39 is 22.0 Å². The quantitative estimate of drug-likeness (QED) is 0.796. The van der Waals surface area contributed by atoms with Crippen LogP contribution >= 0.6 is 0 Å². The molecule has 1 aliphatic carbocycles. The molecule has 3 rings (SSSR count). The van der Waals surface area contributed by atoms with Crippen molar-refractivity contribution in [2.45, 2.75) is 38.3 Å². The van der Waals surface area contributed by atoms with Gasteiger partial charge in [0.05, 0.1) is 18.5 Å². The lowest BCUT2D eigenvalue weighted by Gasteiger charge is -2.28. The van der Waals surface area contributed by atoms with E-state index in [1.165, 1.54) is 6.92 Å². The molecule has 0 aliphatic heterocycles. The van der Waals surface area contributed by atoms with Crippen LogP contribution in [0.3, 0.4) is 0 Å². The van der Waals surface area contributed by atoms with Crippen molar-refractivity contribution in [2.24, 2.45) is 0 Å². The minimum absolute atomic E-state index is 0.0891. The van der Waals surface area contributed by atoms with Crippen molar-refractivity contribution in [3.8, 4) is 0 Å². The fourth-order valence-corrected chi connectivity index (χ4v) is 3.71. The fourth-order valence-electron chi connectivity index (χ4n) is 2.53. The van der Waals surface area contributed by atoms with Crippen molar-refractivity contribution in [2.75, 3.05) is 10.6 Å². The molecule has 1 unspecified atom stereocenters. The summed E-state index contributed by atoms with van der Waals surface area (Å²) in [6.45, 7) is 1.63. The highest BCUT2D eigenvalue weighted by Gasteiger charge is 2.31. The number of amides is 1. The maximum absolute atomic E-state index is 12.4. The highest BCUT2D eigenvalue weighted by molar-refractivity contribution is 7.92. The van der Waals surface area contributed by atoms with Gasteiger partial charge in [-0.1, -0.05) is 23.4 Å². The van der Waals surface area contributed by atoms with Crippen LogP contribution in [0.15, 0.2) is 34.9 Å². The second-order valence-electron chi connectivity index (χ2n) is 6.11. The third kappa shape index (κ3) is 4.16. The first kappa shape index (κ1) is 17.4. The molecule has 0 bridgehead atoms. The van der Waals surface area contributed by atoms with Crippen molar-refractivity contribution in [3.63, 3.8) is 0 Å². The molecule has 1 aliphatic rings. The maximum atomic E-state index is 12.4. The van der Waals surface area contributed by atoms with Gasteiger partial charge in [0.1, 0.15) is 6.04 Å². The largest absolute Gasteiger partial charge is 0.347 e. The molecule has 1 amide bonds. The molecule has 8 nitrogen and oxygen atoms in total. The topological polar surface area (TPSA) is 105 Å². The molecule has 2 aromatic rings. The van der Waals surface area contributed by atoms with Crippen molar-refractivity contribution < 1.29 is 17.7 Å². The van der Waals surface area contributed by atoms with Gasteiger partial charge in [0.25, 0.3) is 0 Å². The Morgan fingerprint density at radius 1 is 1.36 bits per heavy atom. The summed E-state index contributed by atoms with van der Waals surface area (Å²) in [4.78, 5) is 16.7. The molecule has 9 heteroatoms. The van der Waals surface area contributed by atoms with Gasteiger partial charge in [-0.25, -0.2) is 8.42 Å². The number of nitrogens with one attached hydrogen (secondary N) is 1. The Balaban J connectivity index is 1.68. The molecular formula is C16H20N4O4S. The first-order valence-electron chi connectivity index (χ1n) is 8.01. The van der Waals surface area contributed by atoms with Crippen LogP contribution in [0, 0.1) is 0 Å². The molecule has 1 aromatic heterocycles. The highest BCUT2D eigenvalue weighted by Crippen LogP contribution is 2.38. The minimum Gasteiger partial charge on any atom is -0.347 e. The average Bonchev–Trinajstić information content (AvgIpc) is 3.31. The lowest BCUT2D eigenvalue weighted by molar-refractivity contribution is -0.122. The average molecular weight is 364 g/mol. The van der Waals surface area contributed by atoms with Gasteiger partial charge in [0.2, 0.25) is 21.8 Å². The SMILES string of the molecule is CC(C(=O)NCc1noc(C2CC2)n1)N(c1ccccc1)S(C)(=O)=O. The van der Waals surface area contributed by atoms with Crippen molar-refractivity contribution in [1.82, 2.24) is 15.5 Å². The Labute approximate surface area is 146 Å². The molecular weight excluding hydrogens is 344 g/mol. The number of para-hydroxylation sites is 1. The smallest absolute Gasteiger partial charge is 0.244 e. The number of hydrogen-bond acceptors (Lipinski definition) is 6. The Morgan fingerprint density at radius 2 is 2.04 bits per heavy atom. The summed E-state index contributed by atoms with van der Waals surface area (Å²) in [5, 5.41) is 6.49. The van der Waals surface area contributed by atoms with Crippen LogP contribution in [-0.2, 0) is 21.4 Å². The standard InChI is InChI=1S/C16H20N4O4S/c1-11(20(25(2,22)23)13-6-4-3-5-7-13)15(21)17-10-14-18-16(24-19-14)12-8-9-12/h3-7,11-12H,8-10H2,1-2H3,(H,17,21). The number of rotatable bonds is 7. The summed E-state index contributed by atoms with van der Waals surface area (Å²) in [6.07, 6.45) is 3.17. The maximum Gasteiger partial charge on any atom is 0.244 e. The summed E-state index contributed by atoms with van der Waals surface area (Å²) in [6, 6.07) is 7.60. The second kappa shape index (κ2) is 6.83. The zero-order valence-corrected chi connectivity index (χ0v) is 14.9. The fraction of sp³-hybridized carbons (Fsp3) is 0.438. The second-order valence-corrected chi connectivity index (χ2v) is 7.97. The number of sulfonamides is 1. The molecule has 1 saturated carbocycles. The first-order chi connectivity index (χ1) is 11.9. The van der Waals surface area contributed by atoms with E-state index in [2.05, 4.69) is 15.5 Å². The summed E-state index contributed by atoms with van der Waals surface area (Å²) in [5.74, 6) is 0.883. The van der Waals surface area contributed by atoms with Gasteiger partial charge in [-0.15, -0.1) is 0 Å². The van der Waals surface area contributed by atoms with E-state index in [9.17, 15) is 13.2 Å². The van der Waals surface area contributed by atoms with Crippen molar-refractivity contribution >= 4 is 21.6 Å². The lowest BCUT2D eigenvalue weighted by atomic mass is 10.2. The van der Waals surface area contributed by atoms with Gasteiger partial charge < -0.3 is 9.84 Å². The molecule has 0 spiro atoms. The van der Waals surface area contributed by atoms with Crippen LogP contribution in [0.4, 0.5) is 5.69 Å². The monoisotopic (exact) mass is 364 g/mol. The number of aromatic nitrogens is 2. The molecule has 1 aromatic carbocycles. The number of nitrogens with zero attached hydrogens (tertiary/aromatic N) is 3.